The molecule has 3 rings (SSSR count). The van der Waals surface area contributed by atoms with Gasteiger partial charge in [-0.3, -0.25) is 9.78 Å². The molecule has 0 saturated heterocycles. The third-order valence-electron chi connectivity index (χ3n) is 3.77. The van der Waals surface area contributed by atoms with Crippen LogP contribution in [-0.4, -0.2) is 16.3 Å². The van der Waals surface area contributed by atoms with Crippen LogP contribution in [0.15, 0.2) is 42.7 Å². The summed E-state index contributed by atoms with van der Waals surface area (Å²) in [6, 6.07) is 10.1. The van der Waals surface area contributed by atoms with Gasteiger partial charge in [0.2, 0.25) is 0 Å². The molecule has 0 spiro atoms. The van der Waals surface area contributed by atoms with E-state index in [1.54, 1.807) is 12.4 Å². The first-order valence-electron chi connectivity index (χ1n) is 7.02. The summed E-state index contributed by atoms with van der Waals surface area (Å²) in [4.78, 5) is 19.1. The van der Waals surface area contributed by atoms with Crippen LogP contribution in [0, 0.1) is 0 Å². The lowest BCUT2D eigenvalue weighted by molar-refractivity contribution is 0.112. The predicted molar refractivity (Wildman–Crippen MR) is 85.6 cm³/mol. The van der Waals surface area contributed by atoms with E-state index in [4.69, 9.17) is 0 Å². The van der Waals surface area contributed by atoms with Gasteiger partial charge in [0, 0.05) is 34.4 Å². The fraction of sp³-hybridized carbons (Fsp3) is 0.222. The van der Waals surface area contributed by atoms with Crippen LogP contribution < -0.4 is 0 Å². The molecule has 1 aromatic carbocycles. The van der Waals surface area contributed by atoms with Crippen molar-refractivity contribution >= 4 is 17.2 Å². The van der Waals surface area contributed by atoms with Crippen LogP contribution in [0.1, 0.15) is 36.7 Å². The molecule has 0 atom stereocenters. The molecule has 0 bridgehead atoms. The molecule has 3 aromatic rings. The van der Waals surface area contributed by atoms with E-state index in [1.165, 1.54) is 5.56 Å². The van der Waals surface area contributed by atoms with Gasteiger partial charge in [0.25, 0.3) is 0 Å². The lowest BCUT2D eigenvalue weighted by Crippen LogP contribution is -2.10. The number of carbonyl (C=O) groups excluding carboxylic acids is 1. The van der Waals surface area contributed by atoms with E-state index in [2.05, 4.69) is 42.9 Å². The molecule has 0 radical (unpaired) electrons. The van der Waals surface area contributed by atoms with Gasteiger partial charge in [0.1, 0.15) is 0 Å². The Morgan fingerprint density at radius 2 is 2.00 bits per heavy atom. The molecule has 106 valence electrons. The number of hydrogen-bond donors (Lipinski definition) is 1. The monoisotopic (exact) mass is 278 g/mol. The normalized spacial score (nSPS) is 11.8. The second kappa shape index (κ2) is 4.85. The van der Waals surface area contributed by atoms with E-state index in [-0.39, 0.29) is 5.41 Å². The molecule has 2 heterocycles. The number of nitrogens with zero attached hydrogens (tertiary/aromatic N) is 1. The largest absolute Gasteiger partial charge is 0.354 e. The third kappa shape index (κ3) is 2.35. The van der Waals surface area contributed by atoms with Crippen LogP contribution in [0.25, 0.3) is 22.2 Å². The van der Waals surface area contributed by atoms with E-state index in [0.717, 1.165) is 28.4 Å². The molecule has 21 heavy (non-hydrogen) atoms. The standard InChI is InChI=1S/C18H18N2O/c1-18(2,3)13-6-7-16-14(9-13)15(11-21)17(20-16)12-5-4-8-19-10-12/h4-11,20H,1-3H3. The highest BCUT2D eigenvalue weighted by atomic mass is 16.1. The van der Waals surface area contributed by atoms with Crippen molar-refractivity contribution in [2.75, 3.05) is 0 Å². The number of H-pyrrole nitrogens is 1. The molecule has 0 unspecified atom stereocenters. The van der Waals surface area contributed by atoms with Crippen molar-refractivity contribution < 1.29 is 4.79 Å². The number of aldehydes is 1. The summed E-state index contributed by atoms with van der Waals surface area (Å²) in [5, 5.41) is 0.969. The van der Waals surface area contributed by atoms with Crippen LogP contribution >= 0.6 is 0 Å². The fourth-order valence-corrected chi connectivity index (χ4v) is 2.54. The Morgan fingerprint density at radius 1 is 1.19 bits per heavy atom. The zero-order valence-corrected chi connectivity index (χ0v) is 12.5. The van der Waals surface area contributed by atoms with Crippen LogP contribution in [0.2, 0.25) is 0 Å². The van der Waals surface area contributed by atoms with Crippen molar-refractivity contribution in [2.24, 2.45) is 0 Å². The van der Waals surface area contributed by atoms with Crippen molar-refractivity contribution in [3.63, 3.8) is 0 Å². The number of pyridine rings is 1. The fourth-order valence-electron chi connectivity index (χ4n) is 2.54. The summed E-state index contributed by atoms with van der Waals surface area (Å²) in [5.41, 5.74) is 4.70. The van der Waals surface area contributed by atoms with Gasteiger partial charge in [-0.25, -0.2) is 0 Å². The summed E-state index contributed by atoms with van der Waals surface area (Å²) >= 11 is 0. The number of aromatic nitrogens is 2. The number of aromatic amines is 1. The first kappa shape index (κ1) is 13.6. The Morgan fingerprint density at radius 3 is 2.62 bits per heavy atom. The Balaban J connectivity index is 2.27. The lowest BCUT2D eigenvalue weighted by atomic mass is 9.86. The average Bonchev–Trinajstić information content (AvgIpc) is 2.84. The van der Waals surface area contributed by atoms with Crippen molar-refractivity contribution in [1.82, 2.24) is 9.97 Å². The van der Waals surface area contributed by atoms with E-state index >= 15 is 0 Å². The highest BCUT2D eigenvalue weighted by molar-refractivity contribution is 6.04. The molecule has 0 amide bonds. The first-order chi connectivity index (χ1) is 10.0. The number of rotatable bonds is 2. The third-order valence-corrected chi connectivity index (χ3v) is 3.77. The second-order valence-corrected chi connectivity index (χ2v) is 6.28. The zero-order valence-electron chi connectivity index (χ0n) is 12.5. The van der Waals surface area contributed by atoms with Gasteiger partial charge < -0.3 is 4.98 Å². The summed E-state index contributed by atoms with van der Waals surface area (Å²) in [6.07, 6.45) is 4.42. The molecule has 3 heteroatoms. The molecule has 0 aliphatic rings. The molecule has 0 aliphatic carbocycles. The molecule has 0 fully saturated rings. The number of nitrogens with one attached hydrogen (secondary N) is 1. The predicted octanol–water partition coefficient (Wildman–Crippen LogP) is 4.34. The van der Waals surface area contributed by atoms with Gasteiger partial charge in [0.15, 0.2) is 6.29 Å². The number of hydrogen-bond acceptors (Lipinski definition) is 2. The molecular weight excluding hydrogens is 260 g/mol. The maximum absolute atomic E-state index is 11.6. The van der Waals surface area contributed by atoms with Gasteiger partial charge in [0.05, 0.1) is 5.69 Å². The SMILES string of the molecule is CC(C)(C)c1ccc2[nH]c(-c3cccnc3)c(C=O)c2c1. The molecule has 0 saturated carbocycles. The number of fused-ring (bicyclic) bond motifs is 1. The van der Waals surface area contributed by atoms with Crippen LogP contribution in [0.3, 0.4) is 0 Å². The minimum Gasteiger partial charge on any atom is -0.354 e. The Kier molecular flexibility index (Phi) is 3.13. The Bertz CT molecular complexity index is 795. The number of benzene rings is 1. The average molecular weight is 278 g/mol. The van der Waals surface area contributed by atoms with E-state index < -0.39 is 0 Å². The zero-order chi connectivity index (χ0) is 15.0. The molecule has 3 nitrogen and oxygen atoms in total. The molecule has 2 aromatic heterocycles. The van der Waals surface area contributed by atoms with Gasteiger partial charge in [-0.15, -0.1) is 0 Å². The van der Waals surface area contributed by atoms with Crippen LogP contribution in [-0.2, 0) is 5.41 Å². The van der Waals surface area contributed by atoms with Crippen LogP contribution in [0.5, 0.6) is 0 Å². The lowest BCUT2D eigenvalue weighted by Gasteiger charge is -2.18. The highest BCUT2D eigenvalue weighted by Crippen LogP contribution is 2.32. The topological polar surface area (TPSA) is 45.8 Å². The minimum atomic E-state index is 0.0556. The van der Waals surface area contributed by atoms with Crippen molar-refractivity contribution in [2.45, 2.75) is 26.2 Å². The van der Waals surface area contributed by atoms with Gasteiger partial charge in [-0.1, -0.05) is 26.8 Å². The second-order valence-electron chi connectivity index (χ2n) is 6.28. The minimum absolute atomic E-state index is 0.0556. The summed E-state index contributed by atoms with van der Waals surface area (Å²) in [5.74, 6) is 0. The van der Waals surface area contributed by atoms with Gasteiger partial charge in [-0.05, 0) is 35.2 Å². The maximum atomic E-state index is 11.6. The van der Waals surface area contributed by atoms with Gasteiger partial charge >= 0.3 is 0 Å². The van der Waals surface area contributed by atoms with Crippen molar-refractivity contribution in [1.29, 1.82) is 0 Å². The summed E-state index contributed by atoms with van der Waals surface area (Å²) < 4.78 is 0. The quantitative estimate of drug-likeness (QED) is 0.709. The van der Waals surface area contributed by atoms with Crippen molar-refractivity contribution in [3.8, 4) is 11.3 Å². The van der Waals surface area contributed by atoms with E-state index in [9.17, 15) is 4.79 Å². The summed E-state index contributed by atoms with van der Waals surface area (Å²) in [6.45, 7) is 6.51. The van der Waals surface area contributed by atoms with Crippen LogP contribution in [0.4, 0.5) is 0 Å². The van der Waals surface area contributed by atoms with Crippen molar-refractivity contribution in [3.05, 3.63) is 53.9 Å². The first-order valence-corrected chi connectivity index (χ1v) is 7.02. The van der Waals surface area contributed by atoms with E-state index in [0.29, 0.717) is 5.56 Å². The smallest absolute Gasteiger partial charge is 0.152 e. The molecular formula is C18H18N2O. The summed E-state index contributed by atoms with van der Waals surface area (Å²) in [7, 11) is 0. The Hall–Kier alpha value is -2.42. The van der Waals surface area contributed by atoms with E-state index in [1.807, 2.05) is 18.2 Å². The van der Waals surface area contributed by atoms with Gasteiger partial charge in [-0.2, -0.15) is 0 Å². The Labute approximate surface area is 124 Å². The number of carbonyl (C=O) groups is 1. The molecule has 0 aliphatic heterocycles. The molecule has 1 N–H and O–H groups in total. The maximum Gasteiger partial charge on any atom is 0.152 e. The highest BCUT2D eigenvalue weighted by Gasteiger charge is 2.17.